The second-order valence-electron chi connectivity index (χ2n) is 3.98. The minimum absolute atomic E-state index is 0.210. The first-order valence-corrected chi connectivity index (χ1v) is 5.49. The van der Waals surface area contributed by atoms with Crippen molar-refractivity contribution in [3.63, 3.8) is 0 Å². The van der Waals surface area contributed by atoms with Crippen LogP contribution in [0.3, 0.4) is 0 Å². The van der Waals surface area contributed by atoms with E-state index in [4.69, 9.17) is 15.8 Å². The summed E-state index contributed by atoms with van der Waals surface area (Å²) < 4.78 is 14.6. The fraction of sp³-hybridized carbons (Fsp3) is 0.0909. The molecular formula is C11H12BFN4O2. The molecule has 1 heterocycles. The van der Waals surface area contributed by atoms with Gasteiger partial charge in [0.05, 0.1) is 18.1 Å². The summed E-state index contributed by atoms with van der Waals surface area (Å²) in [6.45, 7) is 1.78. The molecule has 98 valence electrons. The molecule has 1 aromatic heterocycles. The zero-order valence-electron chi connectivity index (χ0n) is 10.2. The van der Waals surface area contributed by atoms with E-state index in [0.717, 1.165) is 11.8 Å². The van der Waals surface area contributed by atoms with Crippen molar-refractivity contribution < 1.29 is 14.4 Å². The zero-order valence-corrected chi connectivity index (χ0v) is 10.2. The third-order valence-electron chi connectivity index (χ3n) is 2.46. The molecule has 0 aliphatic rings. The molecule has 4 N–H and O–H groups in total. The van der Waals surface area contributed by atoms with Crippen molar-refractivity contribution in [2.24, 2.45) is 5.10 Å². The average molecular weight is 262 g/mol. The van der Waals surface area contributed by atoms with Crippen LogP contribution in [0.5, 0.6) is 0 Å². The van der Waals surface area contributed by atoms with Crippen molar-refractivity contribution in [2.45, 2.75) is 6.92 Å². The van der Waals surface area contributed by atoms with Gasteiger partial charge >= 0.3 is 7.12 Å². The van der Waals surface area contributed by atoms with Crippen molar-refractivity contribution >= 4 is 24.7 Å². The van der Waals surface area contributed by atoms with Crippen molar-refractivity contribution in [1.29, 1.82) is 0 Å². The minimum atomic E-state index is -1.87. The molecule has 0 radical (unpaired) electrons. The monoisotopic (exact) mass is 262 g/mol. The zero-order chi connectivity index (χ0) is 14.0. The lowest BCUT2D eigenvalue weighted by Gasteiger charge is -2.02. The Morgan fingerprint density at radius 2 is 2.21 bits per heavy atom. The highest BCUT2D eigenvalue weighted by Gasteiger charge is 2.16. The summed E-state index contributed by atoms with van der Waals surface area (Å²) in [4.78, 5) is 3.97. The van der Waals surface area contributed by atoms with Crippen molar-refractivity contribution in [3.05, 3.63) is 41.5 Å². The Bertz CT molecular complexity index is 627. The van der Waals surface area contributed by atoms with Crippen LogP contribution in [0.4, 0.5) is 10.3 Å². The predicted octanol–water partition coefficient (Wildman–Crippen LogP) is -0.525. The topological polar surface area (TPSA) is 96.7 Å². The number of halogens is 1. The molecule has 0 aliphatic heterocycles. The third kappa shape index (κ3) is 2.98. The molecule has 0 saturated carbocycles. The number of nitrogen functional groups attached to an aromatic ring is 1. The van der Waals surface area contributed by atoms with Gasteiger partial charge in [-0.1, -0.05) is 12.1 Å². The molecular weight excluding hydrogens is 250 g/mol. The molecule has 2 aromatic rings. The molecule has 2 rings (SSSR count). The van der Waals surface area contributed by atoms with Gasteiger partial charge in [0, 0.05) is 5.46 Å². The lowest BCUT2D eigenvalue weighted by atomic mass is 9.79. The Morgan fingerprint density at radius 3 is 2.79 bits per heavy atom. The molecule has 0 spiro atoms. The number of nitrogens with two attached hydrogens (primary N) is 1. The molecule has 0 aliphatic carbocycles. The summed E-state index contributed by atoms with van der Waals surface area (Å²) in [5.74, 6) is -0.455. The maximum absolute atomic E-state index is 13.3. The summed E-state index contributed by atoms with van der Waals surface area (Å²) in [5, 5.41) is 22.0. The van der Waals surface area contributed by atoms with E-state index in [0.29, 0.717) is 5.56 Å². The Kier molecular flexibility index (Phi) is 3.63. The maximum atomic E-state index is 13.3. The first kappa shape index (κ1) is 13.3. The second-order valence-corrected chi connectivity index (χ2v) is 3.98. The van der Waals surface area contributed by atoms with Gasteiger partial charge in [0.1, 0.15) is 5.82 Å². The molecule has 0 fully saturated rings. The van der Waals surface area contributed by atoms with Crippen molar-refractivity contribution in [1.82, 2.24) is 9.66 Å². The van der Waals surface area contributed by atoms with Crippen LogP contribution in [0.25, 0.3) is 0 Å². The van der Waals surface area contributed by atoms with Crippen LogP contribution in [-0.4, -0.2) is 33.0 Å². The molecule has 0 amide bonds. The van der Waals surface area contributed by atoms with Gasteiger partial charge in [0.15, 0.2) is 0 Å². The molecule has 1 aromatic carbocycles. The van der Waals surface area contributed by atoms with E-state index < -0.39 is 12.9 Å². The van der Waals surface area contributed by atoms with Gasteiger partial charge in [-0.15, -0.1) is 0 Å². The summed E-state index contributed by atoms with van der Waals surface area (Å²) in [6.07, 6.45) is 3.06. The Morgan fingerprint density at radius 1 is 1.47 bits per heavy atom. The van der Waals surface area contributed by atoms with E-state index in [9.17, 15) is 4.39 Å². The van der Waals surface area contributed by atoms with Gasteiger partial charge in [-0.2, -0.15) is 5.10 Å². The van der Waals surface area contributed by atoms with Gasteiger partial charge in [-0.25, -0.2) is 14.1 Å². The quantitative estimate of drug-likeness (QED) is 0.512. The van der Waals surface area contributed by atoms with Crippen molar-refractivity contribution in [2.75, 3.05) is 5.73 Å². The van der Waals surface area contributed by atoms with Gasteiger partial charge in [-0.3, -0.25) is 0 Å². The van der Waals surface area contributed by atoms with Crippen LogP contribution >= 0.6 is 0 Å². The number of aryl methyl sites for hydroxylation is 1. The smallest absolute Gasteiger partial charge is 0.423 e. The van der Waals surface area contributed by atoms with E-state index in [2.05, 4.69) is 10.1 Å². The van der Waals surface area contributed by atoms with E-state index in [-0.39, 0.29) is 11.4 Å². The summed E-state index contributed by atoms with van der Waals surface area (Å²) in [6, 6.07) is 3.90. The largest absolute Gasteiger partial charge is 0.491 e. The van der Waals surface area contributed by atoms with E-state index in [1.54, 1.807) is 13.1 Å². The molecule has 0 bridgehead atoms. The molecule has 6 nitrogen and oxygen atoms in total. The minimum Gasteiger partial charge on any atom is -0.423 e. The first-order valence-electron chi connectivity index (χ1n) is 5.49. The van der Waals surface area contributed by atoms with Gasteiger partial charge in [-0.05, 0) is 18.6 Å². The van der Waals surface area contributed by atoms with Gasteiger partial charge < -0.3 is 15.8 Å². The van der Waals surface area contributed by atoms with Crippen molar-refractivity contribution in [3.8, 4) is 0 Å². The predicted molar refractivity (Wildman–Crippen MR) is 70.6 cm³/mol. The maximum Gasteiger partial charge on any atom is 0.491 e. The fourth-order valence-electron chi connectivity index (χ4n) is 1.57. The Labute approximate surface area is 109 Å². The summed E-state index contributed by atoms with van der Waals surface area (Å²) >= 11 is 0. The SMILES string of the molecule is Cc1cn(N=Cc2ccc(F)c(B(O)O)c2)c(N)n1. The number of benzene rings is 1. The van der Waals surface area contributed by atoms with Gasteiger partial charge in [0.2, 0.25) is 5.95 Å². The fourth-order valence-corrected chi connectivity index (χ4v) is 1.57. The number of imidazole rings is 1. The molecule has 8 heteroatoms. The molecule has 0 saturated heterocycles. The van der Waals surface area contributed by atoms with Crippen LogP contribution in [0, 0.1) is 12.7 Å². The van der Waals surface area contributed by atoms with E-state index >= 15 is 0 Å². The molecule has 0 unspecified atom stereocenters. The number of hydrogen-bond acceptors (Lipinski definition) is 5. The average Bonchev–Trinajstić information content (AvgIpc) is 2.66. The van der Waals surface area contributed by atoms with Gasteiger partial charge in [0.25, 0.3) is 0 Å². The van der Waals surface area contributed by atoms with E-state index in [1.165, 1.54) is 23.0 Å². The summed E-state index contributed by atoms with van der Waals surface area (Å²) in [7, 11) is -1.87. The van der Waals surface area contributed by atoms with Crippen LogP contribution < -0.4 is 11.2 Å². The lowest BCUT2D eigenvalue weighted by Crippen LogP contribution is -2.33. The highest BCUT2D eigenvalue weighted by molar-refractivity contribution is 6.58. The van der Waals surface area contributed by atoms with E-state index in [1.807, 2.05) is 0 Å². The number of anilines is 1. The third-order valence-corrected chi connectivity index (χ3v) is 2.46. The highest BCUT2D eigenvalue weighted by Crippen LogP contribution is 2.04. The Hall–Kier alpha value is -2.19. The number of rotatable bonds is 3. The molecule has 19 heavy (non-hydrogen) atoms. The number of hydrogen-bond donors (Lipinski definition) is 3. The normalized spacial score (nSPS) is 11.2. The number of aromatic nitrogens is 2. The van der Waals surface area contributed by atoms with Crippen LogP contribution in [0.1, 0.15) is 11.3 Å². The standard InChI is InChI=1S/C11H12BFN4O2/c1-7-6-17(11(14)16-7)15-5-8-2-3-10(13)9(4-8)12(18)19/h2-6,18-19H,1H3,(H2,14,16). The van der Waals surface area contributed by atoms with Crippen LogP contribution in [0.2, 0.25) is 0 Å². The first-order chi connectivity index (χ1) is 8.97. The van der Waals surface area contributed by atoms with Crippen LogP contribution in [-0.2, 0) is 0 Å². The lowest BCUT2D eigenvalue weighted by molar-refractivity contribution is 0.423. The summed E-state index contributed by atoms with van der Waals surface area (Å²) in [5.41, 5.74) is 6.63. The highest BCUT2D eigenvalue weighted by atomic mass is 19.1. The second kappa shape index (κ2) is 5.21. The molecule has 0 atom stereocenters. The Balaban J connectivity index is 2.28. The van der Waals surface area contributed by atoms with Crippen LogP contribution in [0.15, 0.2) is 29.5 Å². The number of nitrogens with zero attached hydrogens (tertiary/aromatic N) is 3.